The largest absolute Gasteiger partial charge is 0.486 e. The van der Waals surface area contributed by atoms with Crippen LogP contribution in [0.5, 0.6) is 11.5 Å². The van der Waals surface area contributed by atoms with Crippen molar-refractivity contribution in [2.45, 2.75) is 20.3 Å². The first-order chi connectivity index (χ1) is 11.6. The monoisotopic (exact) mass is 326 g/mol. The molecule has 5 nitrogen and oxygen atoms in total. The lowest BCUT2D eigenvalue weighted by Gasteiger charge is -2.19. The summed E-state index contributed by atoms with van der Waals surface area (Å²) >= 11 is 0. The summed E-state index contributed by atoms with van der Waals surface area (Å²) in [4.78, 5) is 12.1. The van der Waals surface area contributed by atoms with Crippen molar-refractivity contribution < 1.29 is 14.3 Å². The van der Waals surface area contributed by atoms with Crippen molar-refractivity contribution in [2.24, 2.45) is 0 Å². The van der Waals surface area contributed by atoms with Gasteiger partial charge in [-0.15, -0.1) is 0 Å². The number of rotatable bonds is 5. The Hall–Kier alpha value is -2.69. The molecule has 3 rings (SSSR count). The van der Waals surface area contributed by atoms with Crippen LogP contribution in [0.15, 0.2) is 36.4 Å². The van der Waals surface area contributed by atoms with Crippen LogP contribution in [0.25, 0.3) is 0 Å². The molecule has 126 valence electrons. The van der Waals surface area contributed by atoms with Gasteiger partial charge in [-0.05, 0) is 49.2 Å². The molecule has 0 saturated carbocycles. The number of carbonyl (C=O) groups excluding carboxylic acids is 1. The van der Waals surface area contributed by atoms with Crippen LogP contribution in [0.4, 0.5) is 11.4 Å². The van der Waals surface area contributed by atoms with Gasteiger partial charge in [0.25, 0.3) is 0 Å². The maximum absolute atomic E-state index is 12.1. The van der Waals surface area contributed by atoms with Crippen molar-refractivity contribution >= 4 is 17.3 Å². The molecular formula is C19H22N2O3. The maximum Gasteiger partial charge on any atom is 0.226 e. The van der Waals surface area contributed by atoms with Crippen LogP contribution in [0, 0.1) is 13.8 Å². The SMILES string of the molecule is Cc1cc(C)cc(NC(=O)CCNc2ccc3c(c2)OCCO3)c1. The minimum Gasteiger partial charge on any atom is -0.486 e. The quantitative estimate of drug-likeness (QED) is 0.883. The van der Waals surface area contributed by atoms with Crippen LogP contribution in [0.2, 0.25) is 0 Å². The number of benzene rings is 2. The molecular weight excluding hydrogens is 304 g/mol. The van der Waals surface area contributed by atoms with Gasteiger partial charge in [0.05, 0.1) is 0 Å². The van der Waals surface area contributed by atoms with E-state index in [1.165, 1.54) is 0 Å². The van der Waals surface area contributed by atoms with E-state index in [1.54, 1.807) is 0 Å². The molecule has 1 heterocycles. The van der Waals surface area contributed by atoms with Gasteiger partial charge in [-0.1, -0.05) is 6.07 Å². The molecule has 0 atom stereocenters. The lowest BCUT2D eigenvalue weighted by Crippen LogP contribution is -2.17. The molecule has 24 heavy (non-hydrogen) atoms. The van der Waals surface area contributed by atoms with Gasteiger partial charge in [-0.25, -0.2) is 0 Å². The standard InChI is InChI=1S/C19H22N2O3/c1-13-9-14(2)11-16(10-13)21-19(22)5-6-20-15-3-4-17-18(12-15)24-8-7-23-17/h3-4,9-12,20H,5-8H2,1-2H3,(H,21,22). The fourth-order valence-electron chi connectivity index (χ4n) is 2.74. The van der Waals surface area contributed by atoms with Crippen LogP contribution >= 0.6 is 0 Å². The van der Waals surface area contributed by atoms with E-state index in [0.29, 0.717) is 26.2 Å². The number of amides is 1. The highest BCUT2D eigenvalue weighted by Crippen LogP contribution is 2.32. The highest BCUT2D eigenvalue weighted by molar-refractivity contribution is 5.91. The Balaban J connectivity index is 1.50. The smallest absolute Gasteiger partial charge is 0.226 e. The Morgan fingerprint density at radius 3 is 2.42 bits per heavy atom. The third kappa shape index (κ3) is 4.19. The van der Waals surface area contributed by atoms with Crippen molar-refractivity contribution in [2.75, 3.05) is 30.4 Å². The number of fused-ring (bicyclic) bond motifs is 1. The van der Waals surface area contributed by atoms with Crippen molar-refractivity contribution in [1.29, 1.82) is 0 Å². The molecule has 0 bridgehead atoms. The number of hydrogen-bond acceptors (Lipinski definition) is 4. The molecule has 1 amide bonds. The number of aryl methyl sites for hydroxylation is 2. The zero-order valence-corrected chi connectivity index (χ0v) is 14.0. The minimum absolute atomic E-state index is 0.00922. The number of carbonyl (C=O) groups is 1. The van der Waals surface area contributed by atoms with Gasteiger partial charge in [0, 0.05) is 30.4 Å². The van der Waals surface area contributed by atoms with E-state index >= 15 is 0 Å². The van der Waals surface area contributed by atoms with Crippen molar-refractivity contribution in [1.82, 2.24) is 0 Å². The van der Waals surface area contributed by atoms with Crippen molar-refractivity contribution in [3.8, 4) is 11.5 Å². The van der Waals surface area contributed by atoms with Gasteiger partial charge < -0.3 is 20.1 Å². The molecule has 0 saturated heterocycles. The van der Waals surface area contributed by atoms with Gasteiger partial charge in [0.2, 0.25) is 5.91 Å². The molecule has 2 N–H and O–H groups in total. The molecule has 0 spiro atoms. The van der Waals surface area contributed by atoms with E-state index in [0.717, 1.165) is 34.0 Å². The fourth-order valence-corrected chi connectivity index (χ4v) is 2.74. The first kappa shape index (κ1) is 16.2. The lowest BCUT2D eigenvalue weighted by atomic mass is 10.1. The summed E-state index contributed by atoms with van der Waals surface area (Å²) in [6.07, 6.45) is 0.390. The van der Waals surface area contributed by atoms with Gasteiger partial charge in [0.1, 0.15) is 13.2 Å². The zero-order valence-electron chi connectivity index (χ0n) is 14.0. The normalized spacial score (nSPS) is 12.6. The number of ether oxygens (including phenoxy) is 2. The number of hydrogen-bond donors (Lipinski definition) is 2. The summed E-state index contributed by atoms with van der Waals surface area (Å²) < 4.78 is 11.0. The van der Waals surface area contributed by atoms with Crippen LogP contribution in [0.3, 0.4) is 0 Å². The van der Waals surface area contributed by atoms with Crippen molar-refractivity contribution in [3.63, 3.8) is 0 Å². The highest BCUT2D eigenvalue weighted by Gasteiger charge is 2.11. The molecule has 0 unspecified atom stereocenters. The van der Waals surface area contributed by atoms with E-state index in [4.69, 9.17) is 9.47 Å². The molecule has 1 aliphatic heterocycles. The van der Waals surface area contributed by atoms with Crippen LogP contribution in [-0.2, 0) is 4.79 Å². The molecule has 0 radical (unpaired) electrons. The Morgan fingerprint density at radius 2 is 1.67 bits per heavy atom. The second-order valence-corrected chi connectivity index (χ2v) is 5.96. The summed E-state index contributed by atoms with van der Waals surface area (Å²) in [5.74, 6) is 1.50. The third-order valence-corrected chi connectivity index (χ3v) is 3.73. The zero-order chi connectivity index (χ0) is 16.9. The molecule has 5 heteroatoms. The van der Waals surface area contributed by atoms with Crippen LogP contribution in [-0.4, -0.2) is 25.7 Å². The van der Waals surface area contributed by atoms with E-state index in [-0.39, 0.29) is 5.91 Å². The first-order valence-corrected chi connectivity index (χ1v) is 8.12. The van der Waals surface area contributed by atoms with Crippen LogP contribution < -0.4 is 20.1 Å². The molecule has 2 aromatic carbocycles. The summed E-state index contributed by atoms with van der Waals surface area (Å²) in [6.45, 7) is 5.74. The average Bonchev–Trinajstić information content (AvgIpc) is 2.53. The van der Waals surface area contributed by atoms with E-state index in [1.807, 2.05) is 44.2 Å². The Kier molecular flexibility index (Phi) is 4.89. The maximum atomic E-state index is 12.1. The number of nitrogens with one attached hydrogen (secondary N) is 2. The van der Waals surface area contributed by atoms with Gasteiger partial charge >= 0.3 is 0 Å². The second-order valence-electron chi connectivity index (χ2n) is 5.96. The average molecular weight is 326 g/mol. The van der Waals surface area contributed by atoms with Gasteiger partial charge in [-0.3, -0.25) is 4.79 Å². The second kappa shape index (κ2) is 7.25. The topological polar surface area (TPSA) is 59.6 Å². The van der Waals surface area contributed by atoms with Crippen molar-refractivity contribution in [3.05, 3.63) is 47.5 Å². The molecule has 0 fully saturated rings. The number of anilines is 2. The molecule has 1 aliphatic rings. The summed E-state index contributed by atoms with van der Waals surface area (Å²) in [5.41, 5.74) is 4.04. The van der Waals surface area contributed by atoms with E-state index in [9.17, 15) is 4.79 Å². The van der Waals surface area contributed by atoms with Gasteiger partial charge in [0.15, 0.2) is 11.5 Å². The highest BCUT2D eigenvalue weighted by atomic mass is 16.6. The minimum atomic E-state index is -0.00922. The summed E-state index contributed by atoms with van der Waals surface area (Å²) in [6, 6.07) is 11.7. The van der Waals surface area contributed by atoms with Gasteiger partial charge in [-0.2, -0.15) is 0 Å². The van der Waals surface area contributed by atoms with E-state index in [2.05, 4.69) is 16.7 Å². The molecule has 0 aliphatic carbocycles. The summed E-state index contributed by atoms with van der Waals surface area (Å²) in [7, 11) is 0. The Bertz CT molecular complexity index is 723. The fraction of sp³-hybridized carbons (Fsp3) is 0.316. The van der Waals surface area contributed by atoms with Crippen LogP contribution in [0.1, 0.15) is 17.5 Å². The van der Waals surface area contributed by atoms with E-state index < -0.39 is 0 Å². The predicted molar refractivity (Wildman–Crippen MR) is 95.1 cm³/mol. The first-order valence-electron chi connectivity index (χ1n) is 8.12. The molecule has 0 aromatic heterocycles. The Labute approximate surface area is 142 Å². The Morgan fingerprint density at radius 1 is 0.958 bits per heavy atom. The lowest BCUT2D eigenvalue weighted by molar-refractivity contribution is -0.115. The predicted octanol–water partition coefficient (Wildman–Crippen LogP) is 3.52. The molecule has 2 aromatic rings. The third-order valence-electron chi connectivity index (χ3n) is 3.73. The summed E-state index contributed by atoms with van der Waals surface area (Å²) in [5, 5.41) is 6.17.